The Labute approximate surface area is 108 Å². The highest BCUT2D eigenvalue weighted by Crippen LogP contribution is 2.14. The fourth-order valence-corrected chi connectivity index (χ4v) is 2.32. The third kappa shape index (κ3) is 3.68. The van der Waals surface area contributed by atoms with Gasteiger partial charge in [0, 0.05) is 18.8 Å². The molecule has 1 atom stereocenters. The van der Waals surface area contributed by atoms with Crippen molar-refractivity contribution >= 4 is 5.69 Å². The largest absolute Gasteiger partial charge is 0.390 e. The summed E-state index contributed by atoms with van der Waals surface area (Å²) in [7, 11) is 0. The summed E-state index contributed by atoms with van der Waals surface area (Å²) in [6.45, 7) is 5.13. The predicted molar refractivity (Wildman–Crippen MR) is 71.3 cm³/mol. The van der Waals surface area contributed by atoms with Crippen molar-refractivity contribution < 1.29 is 9.50 Å². The Morgan fingerprint density at radius 2 is 2.11 bits per heavy atom. The van der Waals surface area contributed by atoms with Crippen molar-refractivity contribution in [3.63, 3.8) is 0 Å². The van der Waals surface area contributed by atoms with E-state index in [1.807, 2.05) is 0 Å². The van der Waals surface area contributed by atoms with Gasteiger partial charge in [0.25, 0.3) is 0 Å². The predicted octanol–water partition coefficient (Wildman–Crippen LogP) is 2.00. The van der Waals surface area contributed by atoms with Crippen LogP contribution in [0.2, 0.25) is 0 Å². The first-order chi connectivity index (χ1) is 8.65. The number of hydrogen-bond donors (Lipinski definition) is 2. The van der Waals surface area contributed by atoms with Crippen LogP contribution in [0, 0.1) is 12.7 Å². The van der Waals surface area contributed by atoms with Gasteiger partial charge >= 0.3 is 0 Å². The Hall–Kier alpha value is -1.13. The van der Waals surface area contributed by atoms with Gasteiger partial charge in [-0.25, -0.2) is 4.39 Å². The van der Waals surface area contributed by atoms with Gasteiger partial charge in [-0.2, -0.15) is 0 Å². The Balaban J connectivity index is 1.77. The summed E-state index contributed by atoms with van der Waals surface area (Å²) in [5.74, 6) is -0.196. The van der Waals surface area contributed by atoms with Gasteiger partial charge in [-0.3, -0.25) is 0 Å². The van der Waals surface area contributed by atoms with Crippen LogP contribution in [0.5, 0.6) is 0 Å². The molecule has 1 fully saturated rings. The Kier molecular flexibility index (Phi) is 4.55. The van der Waals surface area contributed by atoms with Crippen molar-refractivity contribution in [2.75, 3.05) is 31.5 Å². The molecule has 2 rings (SSSR count). The van der Waals surface area contributed by atoms with Crippen molar-refractivity contribution in [1.82, 2.24) is 4.90 Å². The number of benzene rings is 1. The fourth-order valence-electron chi connectivity index (χ4n) is 2.32. The smallest absolute Gasteiger partial charge is 0.126 e. The monoisotopic (exact) mass is 252 g/mol. The number of hydrogen-bond acceptors (Lipinski definition) is 3. The molecule has 1 aromatic carbocycles. The lowest BCUT2D eigenvalue weighted by Crippen LogP contribution is -2.34. The number of nitrogens with zero attached hydrogens (tertiary/aromatic N) is 1. The molecule has 0 aliphatic carbocycles. The van der Waals surface area contributed by atoms with Crippen molar-refractivity contribution in [3.8, 4) is 0 Å². The highest BCUT2D eigenvalue weighted by Gasteiger charge is 2.15. The molecule has 1 unspecified atom stereocenters. The normalized spacial score (nSPS) is 17.9. The lowest BCUT2D eigenvalue weighted by atomic mass is 10.2. The first-order valence-electron chi connectivity index (χ1n) is 6.55. The Bertz CT molecular complexity index is 391. The van der Waals surface area contributed by atoms with Gasteiger partial charge in [0.05, 0.1) is 6.10 Å². The molecule has 1 aromatic rings. The number of aliphatic hydroxyl groups is 1. The minimum Gasteiger partial charge on any atom is -0.390 e. The van der Waals surface area contributed by atoms with Gasteiger partial charge in [0.2, 0.25) is 0 Å². The summed E-state index contributed by atoms with van der Waals surface area (Å²) in [5.41, 5.74) is 1.48. The second-order valence-corrected chi connectivity index (χ2v) is 5.01. The zero-order valence-electron chi connectivity index (χ0n) is 10.8. The lowest BCUT2D eigenvalue weighted by molar-refractivity contribution is 0.135. The van der Waals surface area contributed by atoms with Crippen LogP contribution in [-0.2, 0) is 0 Å². The Morgan fingerprint density at radius 1 is 1.39 bits per heavy atom. The van der Waals surface area contributed by atoms with Gasteiger partial charge in [0.15, 0.2) is 0 Å². The van der Waals surface area contributed by atoms with Crippen LogP contribution < -0.4 is 5.32 Å². The van der Waals surface area contributed by atoms with Crippen molar-refractivity contribution in [2.24, 2.45) is 0 Å². The Morgan fingerprint density at radius 3 is 2.78 bits per heavy atom. The molecule has 1 saturated heterocycles. The van der Waals surface area contributed by atoms with Crippen LogP contribution in [0.4, 0.5) is 10.1 Å². The van der Waals surface area contributed by atoms with Gasteiger partial charge in [-0.1, -0.05) is 0 Å². The molecule has 1 heterocycles. The molecule has 18 heavy (non-hydrogen) atoms. The molecule has 0 bridgehead atoms. The van der Waals surface area contributed by atoms with E-state index in [-0.39, 0.29) is 11.9 Å². The molecule has 100 valence electrons. The first kappa shape index (κ1) is 13.3. The maximum Gasteiger partial charge on any atom is 0.126 e. The van der Waals surface area contributed by atoms with Crippen LogP contribution in [0.3, 0.4) is 0 Å². The highest BCUT2D eigenvalue weighted by atomic mass is 19.1. The number of nitrogens with one attached hydrogen (secondary N) is 1. The number of anilines is 1. The summed E-state index contributed by atoms with van der Waals surface area (Å²) in [6, 6.07) is 4.91. The van der Waals surface area contributed by atoms with E-state index >= 15 is 0 Å². The molecule has 0 spiro atoms. The zero-order chi connectivity index (χ0) is 13.0. The topological polar surface area (TPSA) is 35.5 Å². The molecule has 0 amide bonds. The first-order valence-corrected chi connectivity index (χ1v) is 6.55. The van der Waals surface area contributed by atoms with Gasteiger partial charge < -0.3 is 15.3 Å². The molecule has 3 nitrogen and oxygen atoms in total. The summed E-state index contributed by atoms with van der Waals surface area (Å²) in [6.07, 6.45) is 2.09. The molecule has 1 aliphatic rings. The van der Waals surface area contributed by atoms with Crippen molar-refractivity contribution in [1.29, 1.82) is 0 Å². The fraction of sp³-hybridized carbons (Fsp3) is 0.571. The summed E-state index contributed by atoms with van der Waals surface area (Å²) in [5, 5.41) is 13.1. The SMILES string of the molecule is Cc1cc(NCC(O)CN2CCCC2)ccc1F. The minimum atomic E-state index is -0.381. The molecular formula is C14H21FN2O. The third-order valence-electron chi connectivity index (χ3n) is 3.37. The van der Waals surface area contributed by atoms with E-state index in [2.05, 4.69) is 10.2 Å². The van der Waals surface area contributed by atoms with Gasteiger partial charge in [-0.15, -0.1) is 0 Å². The molecule has 2 N–H and O–H groups in total. The molecule has 0 radical (unpaired) electrons. The number of β-amino-alcohol motifs (C(OH)–C–C–N with tert-alkyl or cyclic N) is 1. The standard InChI is InChI=1S/C14H21FN2O/c1-11-8-12(4-5-14(11)15)16-9-13(18)10-17-6-2-3-7-17/h4-5,8,13,16,18H,2-3,6-7,9-10H2,1H3. The average Bonchev–Trinajstić information content (AvgIpc) is 2.83. The van der Waals surface area contributed by atoms with E-state index < -0.39 is 0 Å². The second-order valence-electron chi connectivity index (χ2n) is 5.01. The third-order valence-corrected chi connectivity index (χ3v) is 3.37. The van der Waals surface area contributed by atoms with Crippen molar-refractivity contribution in [3.05, 3.63) is 29.6 Å². The number of likely N-dealkylation sites (tertiary alicyclic amines) is 1. The van der Waals surface area contributed by atoms with E-state index in [4.69, 9.17) is 0 Å². The summed E-state index contributed by atoms with van der Waals surface area (Å²) in [4.78, 5) is 2.28. The van der Waals surface area contributed by atoms with E-state index in [9.17, 15) is 9.50 Å². The average molecular weight is 252 g/mol. The molecular weight excluding hydrogens is 231 g/mol. The van der Waals surface area contributed by atoms with E-state index in [0.717, 1.165) is 18.8 Å². The molecule has 4 heteroatoms. The second kappa shape index (κ2) is 6.16. The minimum absolute atomic E-state index is 0.196. The van der Waals surface area contributed by atoms with Crippen molar-refractivity contribution in [2.45, 2.75) is 25.9 Å². The van der Waals surface area contributed by atoms with E-state index in [0.29, 0.717) is 18.7 Å². The van der Waals surface area contributed by atoms with E-state index in [1.54, 1.807) is 19.1 Å². The quantitative estimate of drug-likeness (QED) is 0.841. The molecule has 0 saturated carbocycles. The lowest BCUT2D eigenvalue weighted by Gasteiger charge is -2.20. The molecule has 0 aromatic heterocycles. The van der Waals surface area contributed by atoms with E-state index in [1.165, 1.54) is 18.9 Å². The number of halogens is 1. The van der Waals surface area contributed by atoms with Crippen LogP contribution >= 0.6 is 0 Å². The molecule has 1 aliphatic heterocycles. The summed E-state index contributed by atoms with van der Waals surface area (Å²) < 4.78 is 13.1. The summed E-state index contributed by atoms with van der Waals surface area (Å²) >= 11 is 0. The van der Waals surface area contributed by atoms with Crippen LogP contribution in [-0.4, -0.2) is 42.3 Å². The maximum absolute atomic E-state index is 13.1. The zero-order valence-corrected chi connectivity index (χ0v) is 10.8. The van der Waals surface area contributed by atoms with Gasteiger partial charge in [0.1, 0.15) is 5.82 Å². The van der Waals surface area contributed by atoms with Crippen LogP contribution in [0.25, 0.3) is 0 Å². The number of aliphatic hydroxyl groups excluding tert-OH is 1. The highest BCUT2D eigenvalue weighted by molar-refractivity contribution is 5.45. The van der Waals surface area contributed by atoms with Crippen LogP contribution in [0.15, 0.2) is 18.2 Å². The van der Waals surface area contributed by atoms with Gasteiger partial charge in [-0.05, 0) is 56.6 Å². The maximum atomic E-state index is 13.1. The number of aryl methyl sites for hydroxylation is 1. The van der Waals surface area contributed by atoms with Crippen LogP contribution in [0.1, 0.15) is 18.4 Å². The number of rotatable bonds is 5.